The molecule has 1 saturated carbocycles. The predicted octanol–water partition coefficient (Wildman–Crippen LogP) is 2.15. The monoisotopic (exact) mass is 184 g/mol. The number of rotatable bonds is 1. The van der Waals surface area contributed by atoms with E-state index in [4.69, 9.17) is 0 Å². The van der Waals surface area contributed by atoms with Crippen LogP contribution in [0.1, 0.15) is 47.0 Å². The van der Waals surface area contributed by atoms with Crippen LogP contribution in [0.15, 0.2) is 0 Å². The van der Waals surface area contributed by atoms with Gasteiger partial charge in [0.2, 0.25) is 0 Å². The lowest BCUT2D eigenvalue weighted by molar-refractivity contribution is -0.135. The van der Waals surface area contributed by atoms with Gasteiger partial charge in [0.05, 0.1) is 5.60 Å². The van der Waals surface area contributed by atoms with Crippen molar-refractivity contribution in [3.63, 3.8) is 0 Å². The Labute approximate surface area is 80.3 Å². The van der Waals surface area contributed by atoms with Crippen LogP contribution < -0.4 is 0 Å². The normalized spacial score (nSPS) is 29.0. The molecule has 0 aromatic heterocycles. The molecule has 13 heavy (non-hydrogen) atoms. The van der Waals surface area contributed by atoms with Crippen LogP contribution in [-0.2, 0) is 4.79 Å². The minimum absolute atomic E-state index is 0.146. The third-order valence-corrected chi connectivity index (χ3v) is 3.30. The number of carbonyl (C=O) groups excluding carboxylic acids is 1. The maximum Gasteiger partial charge on any atom is 0.138 e. The minimum Gasteiger partial charge on any atom is -0.390 e. The van der Waals surface area contributed by atoms with Crippen molar-refractivity contribution in [2.24, 2.45) is 11.3 Å². The van der Waals surface area contributed by atoms with Crippen molar-refractivity contribution in [3.05, 3.63) is 0 Å². The third-order valence-electron chi connectivity index (χ3n) is 3.30. The molecule has 0 radical (unpaired) electrons. The second kappa shape index (κ2) is 3.09. The number of carbonyl (C=O) groups is 1. The Kier molecular flexibility index (Phi) is 2.54. The first-order chi connectivity index (χ1) is 5.73. The average Bonchev–Trinajstić information content (AvgIpc) is 1.92. The second-order valence-corrected chi connectivity index (χ2v) is 5.40. The van der Waals surface area contributed by atoms with Crippen molar-refractivity contribution >= 4 is 5.78 Å². The van der Waals surface area contributed by atoms with E-state index in [-0.39, 0.29) is 11.3 Å². The van der Waals surface area contributed by atoms with Crippen LogP contribution in [0.3, 0.4) is 0 Å². The van der Waals surface area contributed by atoms with Gasteiger partial charge in [-0.25, -0.2) is 0 Å². The molecule has 0 bridgehead atoms. The second-order valence-electron chi connectivity index (χ2n) is 5.40. The van der Waals surface area contributed by atoms with Crippen LogP contribution in [0, 0.1) is 11.3 Å². The number of hydrogen-bond donors (Lipinski definition) is 1. The molecule has 2 heteroatoms. The molecule has 0 saturated heterocycles. The quantitative estimate of drug-likeness (QED) is 0.678. The van der Waals surface area contributed by atoms with Crippen LogP contribution >= 0.6 is 0 Å². The first-order valence-electron chi connectivity index (χ1n) is 4.99. The fourth-order valence-electron chi connectivity index (χ4n) is 1.88. The Balaban J connectivity index is 2.67. The molecule has 0 aromatic rings. The Morgan fingerprint density at radius 1 is 1.46 bits per heavy atom. The van der Waals surface area contributed by atoms with E-state index in [9.17, 15) is 9.90 Å². The number of Topliss-reactive ketones (excluding diaryl/α,β-unsaturated/α-hetero) is 1. The van der Waals surface area contributed by atoms with Crippen molar-refractivity contribution in [3.8, 4) is 0 Å². The lowest BCUT2D eigenvalue weighted by Crippen LogP contribution is -2.40. The fourth-order valence-corrected chi connectivity index (χ4v) is 1.88. The summed E-state index contributed by atoms with van der Waals surface area (Å²) in [7, 11) is 0. The number of ketones is 1. The van der Waals surface area contributed by atoms with Gasteiger partial charge < -0.3 is 5.11 Å². The van der Waals surface area contributed by atoms with Crippen molar-refractivity contribution in [1.82, 2.24) is 0 Å². The van der Waals surface area contributed by atoms with Crippen molar-refractivity contribution in [1.29, 1.82) is 0 Å². The SMILES string of the molecule is CC1(C)CCC(C(C)(C)O)CC1=O. The van der Waals surface area contributed by atoms with Crippen LogP contribution in [0.2, 0.25) is 0 Å². The van der Waals surface area contributed by atoms with E-state index in [1.165, 1.54) is 0 Å². The van der Waals surface area contributed by atoms with Gasteiger partial charge in [0.25, 0.3) is 0 Å². The molecule has 1 atom stereocenters. The zero-order valence-corrected chi connectivity index (χ0v) is 9.05. The van der Waals surface area contributed by atoms with E-state index in [1.54, 1.807) is 13.8 Å². The predicted molar refractivity (Wildman–Crippen MR) is 52.4 cm³/mol. The van der Waals surface area contributed by atoms with Crippen LogP contribution in [0.25, 0.3) is 0 Å². The molecule has 1 N–H and O–H groups in total. The van der Waals surface area contributed by atoms with E-state index in [0.29, 0.717) is 12.2 Å². The topological polar surface area (TPSA) is 37.3 Å². The van der Waals surface area contributed by atoms with Gasteiger partial charge in [0.1, 0.15) is 5.78 Å². The zero-order chi connectivity index (χ0) is 10.3. The lowest BCUT2D eigenvalue weighted by atomic mass is 9.68. The van der Waals surface area contributed by atoms with E-state index < -0.39 is 5.60 Å². The molecule has 0 heterocycles. The van der Waals surface area contributed by atoms with E-state index >= 15 is 0 Å². The molecule has 2 nitrogen and oxygen atoms in total. The summed E-state index contributed by atoms with van der Waals surface area (Å²) in [6.07, 6.45) is 2.40. The smallest absolute Gasteiger partial charge is 0.138 e. The van der Waals surface area contributed by atoms with Gasteiger partial charge in [-0.1, -0.05) is 13.8 Å². The number of aliphatic hydroxyl groups is 1. The van der Waals surface area contributed by atoms with E-state index in [2.05, 4.69) is 0 Å². The van der Waals surface area contributed by atoms with Crippen molar-refractivity contribution < 1.29 is 9.90 Å². The standard InChI is InChI=1S/C11H20O2/c1-10(2)6-5-8(7-9(10)12)11(3,4)13/h8,13H,5-7H2,1-4H3. The van der Waals surface area contributed by atoms with Crippen molar-refractivity contribution in [2.45, 2.75) is 52.6 Å². The van der Waals surface area contributed by atoms with Gasteiger partial charge in [0.15, 0.2) is 0 Å². The Morgan fingerprint density at radius 3 is 2.38 bits per heavy atom. The molecule has 1 aliphatic rings. The molecule has 1 rings (SSSR count). The lowest BCUT2D eigenvalue weighted by Gasteiger charge is -2.38. The molecule has 0 spiro atoms. The Bertz CT molecular complexity index is 211. The van der Waals surface area contributed by atoms with Gasteiger partial charge in [-0.2, -0.15) is 0 Å². The summed E-state index contributed by atoms with van der Waals surface area (Å²) in [4.78, 5) is 11.7. The van der Waals surface area contributed by atoms with E-state index in [0.717, 1.165) is 12.8 Å². The van der Waals surface area contributed by atoms with Gasteiger partial charge in [0, 0.05) is 11.8 Å². The van der Waals surface area contributed by atoms with Gasteiger partial charge in [-0.3, -0.25) is 4.79 Å². The summed E-state index contributed by atoms with van der Waals surface area (Å²) in [5, 5.41) is 9.78. The average molecular weight is 184 g/mol. The highest BCUT2D eigenvalue weighted by molar-refractivity contribution is 5.85. The molecule has 1 fully saturated rings. The molecule has 76 valence electrons. The Hall–Kier alpha value is -0.370. The highest BCUT2D eigenvalue weighted by Gasteiger charge is 2.39. The molecular weight excluding hydrogens is 164 g/mol. The fraction of sp³-hybridized carbons (Fsp3) is 0.909. The maximum atomic E-state index is 11.7. The summed E-state index contributed by atoms with van der Waals surface area (Å²) < 4.78 is 0. The zero-order valence-electron chi connectivity index (χ0n) is 9.05. The van der Waals surface area contributed by atoms with Gasteiger partial charge >= 0.3 is 0 Å². The molecule has 0 amide bonds. The van der Waals surface area contributed by atoms with Crippen LogP contribution in [-0.4, -0.2) is 16.5 Å². The van der Waals surface area contributed by atoms with Gasteiger partial charge in [-0.05, 0) is 32.6 Å². The summed E-state index contributed by atoms with van der Waals surface area (Å²) in [6, 6.07) is 0. The first kappa shape index (κ1) is 10.7. The summed E-state index contributed by atoms with van der Waals surface area (Å²) in [6.45, 7) is 7.58. The summed E-state index contributed by atoms with van der Waals surface area (Å²) in [5.41, 5.74) is -0.867. The maximum absolute atomic E-state index is 11.7. The minimum atomic E-state index is -0.702. The molecule has 0 aliphatic heterocycles. The highest BCUT2D eigenvalue weighted by Crippen LogP contribution is 2.39. The third kappa shape index (κ3) is 2.31. The first-order valence-corrected chi connectivity index (χ1v) is 4.99. The van der Waals surface area contributed by atoms with Crippen LogP contribution in [0.5, 0.6) is 0 Å². The molecular formula is C11H20O2. The largest absolute Gasteiger partial charge is 0.390 e. The highest BCUT2D eigenvalue weighted by atomic mass is 16.3. The summed E-state index contributed by atoms with van der Waals surface area (Å²) in [5.74, 6) is 0.443. The Morgan fingerprint density at radius 2 is 2.00 bits per heavy atom. The number of hydrogen-bond acceptors (Lipinski definition) is 2. The summed E-state index contributed by atoms with van der Waals surface area (Å²) >= 11 is 0. The van der Waals surface area contributed by atoms with E-state index in [1.807, 2.05) is 13.8 Å². The van der Waals surface area contributed by atoms with Crippen molar-refractivity contribution in [2.75, 3.05) is 0 Å². The molecule has 1 unspecified atom stereocenters. The molecule has 1 aliphatic carbocycles. The van der Waals surface area contributed by atoms with Gasteiger partial charge in [-0.15, -0.1) is 0 Å². The molecule has 0 aromatic carbocycles. The van der Waals surface area contributed by atoms with Crippen LogP contribution in [0.4, 0.5) is 0 Å².